The number of hydrogen-bond acceptors (Lipinski definition) is 6. The van der Waals surface area contributed by atoms with Crippen LogP contribution < -0.4 is 0 Å². The minimum absolute atomic E-state index is 0.0831. The maximum atomic E-state index is 9.79. The minimum Gasteiger partial charge on any atom is -0.394 e. The Balaban J connectivity index is 1.40. The van der Waals surface area contributed by atoms with E-state index in [2.05, 4.69) is 0 Å². The molecule has 6 nitrogen and oxygen atoms in total. The van der Waals surface area contributed by atoms with Gasteiger partial charge in [0, 0.05) is 25.7 Å². The average molecular weight is 340 g/mol. The van der Waals surface area contributed by atoms with E-state index in [0.29, 0.717) is 0 Å². The summed E-state index contributed by atoms with van der Waals surface area (Å²) in [4.78, 5) is 0. The summed E-state index contributed by atoms with van der Waals surface area (Å²) in [5.41, 5.74) is 0. The van der Waals surface area contributed by atoms with Crippen LogP contribution in [-0.4, -0.2) is 54.0 Å². The van der Waals surface area contributed by atoms with E-state index in [4.69, 9.17) is 23.7 Å². The van der Waals surface area contributed by atoms with Gasteiger partial charge in [0.15, 0.2) is 17.9 Å². The van der Waals surface area contributed by atoms with Crippen LogP contribution in [0.15, 0.2) is 0 Å². The number of rotatable bonds is 1. The Hall–Kier alpha value is -0.240. The van der Waals surface area contributed by atoms with Crippen LogP contribution in [0.5, 0.6) is 0 Å². The van der Waals surface area contributed by atoms with Crippen LogP contribution in [0.1, 0.15) is 64.2 Å². The molecule has 0 aromatic rings. The fraction of sp³-hybridized carbons (Fsp3) is 1.00. The molecule has 0 radical (unpaired) electrons. The lowest BCUT2D eigenvalue weighted by Gasteiger charge is -2.36. The largest absolute Gasteiger partial charge is 0.394 e. The molecule has 0 bridgehead atoms. The van der Waals surface area contributed by atoms with Gasteiger partial charge in [0.1, 0.15) is 24.4 Å². The molecule has 2 aliphatic carbocycles. The highest BCUT2D eigenvalue weighted by molar-refractivity contribution is 5.02. The van der Waals surface area contributed by atoms with E-state index in [-0.39, 0.29) is 24.9 Å². The molecule has 5 atom stereocenters. The van der Waals surface area contributed by atoms with Crippen LogP contribution in [0, 0.1) is 0 Å². The van der Waals surface area contributed by atoms with E-state index in [0.717, 1.165) is 51.4 Å². The zero-order chi connectivity index (χ0) is 16.2. The Bertz CT molecular complexity index is 470. The van der Waals surface area contributed by atoms with Crippen molar-refractivity contribution in [2.45, 2.75) is 106 Å². The Kier molecular flexibility index (Phi) is 3.92. The van der Waals surface area contributed by atoms with Gasteiger partial charge in [0.2, 0.25) is 0 Å². The second kappa shape index (κ2) is 5.89. The lowest BCUT2D eigenvalue weighted by molar-refractivity contribution is -0.254. The van der Waals surface area contributed by atoms with Crippen LogP contribution in [-0.2, 0) is 23.7 Å². The van der Waals surface area contributed by atoms with E-state index in [9.17, 15) is 5.11 Å². The highest BCUT2D eigenvalue weighted by Gasteiger charge is 2.63. The highest BCUT2D eigenvalue weighted by atomic mass is 16.9. The summed E-state index contributed by atoms with van der Waals surface area (Å²) in [5.74, 6) is -1.03. The van der Waals surface area contributed by atoms with E-state index >= 15 is 0 Å². The highest BCUT2D eigenvalue weighted by Crippen LogP contribution is 2.50. The maximum absolute atomic E-state index is 9.79. The number of hydrogen-bond donors (Lipinski definition) is 1. The smallest absolute Gasteiger partial charge is 0.190 e. The molecule has 3 heterocycles. The molecule has 1 N–H and O–H groups in total. The summed E-state index contributed by atoms with van der Waals surface area (Å²) < 4.78 is 31.4. The third-order valence-corrected chi connectivity index (χ3v) is 6.39. The number of fused-ring (bicyclic) bond motifs is 3. The van der Waals surface area contributed by atoms with Crippen molar-refractivity contribution in [3.05, 3.63) is 0 Å². The van der Waals surface area contributed by atoms with Gasteiger partial charge >= 0.3 is 0 Å². The predicted octanol–water partition coefficient (Wildman–Crippen LogP) is 2.22. The van der Waals surface area contributed by atoms with Crippen molar-refractivity contribution in [2.24, 2.45) is 0 Å². The van der Waals surface area contributed by atoms with Gasteiger partial charge in [-0.1, -0.05) is 12.8 Å². The molecule has 2 spiro atoms. The molecule has 5 rings (SSSR count). The minimum atomic E-state index is -0.520. The SMILES string of the molecule is OC[C@@H]1O[C@@H]2OC3(CCCCC3)O[C@@H]2[C@H]2OC3(CCCCC3)O[C@@H]21. The average Bonchev–Trinajstić information content (AvgIpc) is 3.14. The molecule has 0 amide bonds. The third-order valence-electron chi connectivity index (χ3n) is 6.39. The molecular formula is C18H28O6. The maximum Gasteiger partial charge on any atom is 0.190 e. The molecule has 0 aromatic carbocycles. The van der Waals surface area contributed by atoms with Crippen LogP contribution >= 0.6 is 0 Å². The monoisotopic (exact) mass is 340 g/mol. The molecule has 0 unspecified atom stereocenters. The predicted molar refractivity (Wildman–Crippen MR) is 83.1 cm³/mol. The lowest BCUT2D eigenvalue weighted by atomic mass is 9.94. The summed E-state index contributed by atoms with van der Waals surface area (Å²) in [5, 5.41) is 9.79. The Morgan fingerprint density at radius 2 is 1.21 bits per heavy atom. The molecule has 5 fully saturated rings. The van der Waals surface area contributed by atoms with Crippen molar-refractivity contribution in [2.75, 3.05) is 6.61 Å². The first-order chi connectivity index (χ1) is 11.7. The number of aliphatic hydroxyl groups is 1. The topological polar surface area (TPSA) is 66.4 Å². The normalized spacial score (nSPS) is 46.1. The molecule has 2 saturated carbocycles. The van der Waals surface area contributed by atoms with E-state index in [1.54, 1.807) is 0 Å². The zero-order valence-electron chi connectivity index (χ0n) is 14.2. The molecular weight excluding hydrogens is 312 g/mol. The van der Waals surface area contributed by atoms with E-state index in [1.807, 2.05) is 0 Å². The Labute approximate surface area is 142 Å². The Morgan fingerprint density at radius 3 is 1.83 bits per heavy atom. The van der Waals surface area contributed by atoms with Crippen LogP contribution in [0.3, 0.4) is 0 Å². The van der Waals surface area contributed by atoms with Gasteiger partial charge in [-0.3, -0.25) is 0 Å². The Morgan fingerprint density at radius 1 is 0.667 bits per heavy atom. The van der Waals surface area contributed by atoms with Gasteiger partial charge in [-0.05, 0) is 25.7 Å². The quantitative estimate of drug-likeness (QED) is 0.789. The van der Waals surface area contributed by atoms with Gasteiger partial charge in [0.25, 0.3) is 0 Å². The molecule has 136 valence electrons. The van der Waals surface area contributed by atoms with Crippen molar-refractivity contribution in [3.63, 3.8) is 0 Å². The zero-order valence-corrected chi connectivity index (χ0v) is 14.2. The first kappa shape index (κ1) is 16.0. The van der Waals surface area contributed by atoms with Crippen molar-refractivity contribution in [1.82, 2.24) is 0 Å². The summed E-state index contributed by atoms with van der Waals surface area (Å²) in [6, 6.07) is 0. The molecule has 24 heavy (non-hydrogen) atoms. The van der Waals surface area contributed by atoms with Gasteiger partial charge in [-0.25, -0.2) is 0 Å². The molecule has 0 aromatic heterocycles. The van der Waals surface area contributed by atoms with Crippen LogP contribution in [0.2, 0.25) is 0 Å². The van der Waals surface area contributed by atoms with Crippen molar-refractivity contribution in [3.8, 4) is 0 Å². The van der Waals surface area contributed by atoms with Gasteiger partial charge < -0.3 is 28.8 Å². The number of ether oxygens (including phenoxy) is 5. The van der Waals surface area contributed by atoms with Crippen LogP contribution in [0.4, 0.5) is 0 Å². The summed E-state index contributed by atoms with van der Waals surface area (Å²) in [6.07, 6.45) is 9.04. The fourth-order valence-corrected chi connectivity index (χ4v) is 5.19. The van der Waals surface area contributed by atoms with Gasteiger partial charge in [-0.2, -0.15) is 0 Å². The summed E-state index contributed by atoms with van der Waals surface area (Å²) >= 11 is 0. The second-order valence-electron chi connectivity index (χ2n) is 8.03. The van der Waals surface area contributed by atoms with Crippen LogP contribution in [0.25, 0.3) is 0 Å². The molecule has 3 saturated heterocycles. The van der Waals surface area contributed by atoms with Gasteiger partial charge in [-0.15, -0.1) is 0 Å². The van der Waals surface area contributed by atoms with Crippen molar-refractivity contribution in [1.29, 1.82) is 0 Å². The molecule has 6 heteroatoms. The standard InChI is InChI=1S/C18H28O6/c19-11-12-13-14(22-17(21-13)7-3-1-4-8-17)15-16(20-12)24-18(23-15)9-5-2-6-10-18/h12-16,19H,1-11H2/t12-,13+,14-,15+,16+/m0/s1. The lowest BCUT2D eigenvalue weighted by Crippen LogP contribution is -2.56. The molecule has 3 aliphatic heterocycles. The van der Waals surface area contributed by atoms with E-state index in [1.165, 1.54) is 12.8 Å². The third kappa shape index (κ3) is 2.46. The van der Waals surface area contributed by atoms with Crippen molar-refractivity contribution < 1.29 is 28.8 Å². The van der Waals surface area contributed by atoms with Gasteiger partial charge in [0.05, 0.1) is 6.61 Å². The second-order valence-corrected chi connectivity index (χ2v) is 8.03. The first-order valence-electron chi connectivity index (χ1n) is 9.70. The molecule has 5 aliphatic rings. The summed E-state index contributed by atoms with van der Waals surface area (Å²) in [7, 11) is 0. The fourth-order valence-electron chi connectivity index (χ4n) is 5.19. The first-order valence-corrected chi connectivity index (χ1v) is 9.70. The summed E-state index contributed by atoms with van der Waals surface area (Å²) in [6.45, 7) is -0.0831. The van der Waals surface area contributed by atoms with E-state index < -0.39 is 24.0 Å². The van der Waals surface area contributed by atoms with Crippen molar-refractivity contribution >= 4 is 0 Å². The number of aliphatic hydroxyl groups excluding tert-OH is 1.